The van der Waals surface area contributed by atoms with Crippen LogP contribution in [0.25, 0.3) is 5.69 Å². The smallest absolute Gasteiger partial charge is 0.418 e. The van der Waals surface area contributed by atoms with Crippen LogP contribution in [0.1, 0.15) is 75.5 Å². The van der Waals surface area contributed by atoms with E-state index in [0.29, 0.717) is 5.92 Å². The van der Waals surface area contributed by atoms with Crippen LogP contribution in [-0.4, -0.2) is 25.4 Å². The van der Waals surface area contributed by atoms with E-state index in [2.05, 4.69) is 148 Å². The van der Waals surface area contributed by atoms with Crippen molar-refractivity contribution in [2.45, 2.75) is 83.2 Å². The zero-order valence-electron chi connectivity index (χ0n) is 26.1. The molecule has 0 radical (unpaired) electrons. The fourth-order valence-corrected chi connectivity index (χ4v) is 7.08. The lowest BCUT2D eigenvalue weighted by atomic mass is 9.79. The normalized spacial score (nSPS) is 15.7. The van der Waals surface area contributed by atoms with E-state index >= 15 is 0 Å². The zero-order chi connectivity index (χ0) is 31.6. The lowest BCUT2D eigenvalue weighted by Crippen LogP contribution is -2.57. The number of halogens is 4. The molecule has 0 bridgehead atoms. The summed E-state index contributed by atoms with van der Waals surface area (Å²) >= 11 is 0. The Kier molecular flexibility index (Phi) is 9.42. The van der Waals surface area contributed by atoms with E-state index in [9.17, 15) is 17.3 Å². The molecule has 0 aliphatic carbocycles. The van der Waals surface area contributed by atoms with Crippen molar-refractivity contribution >= 4 is 15.6 Å². The van der Waals surface area contributed by atoms with Crippen LogP contribution in [-0.2, 0) is 16.4 Å². The molecule has 4 aromatic rings. The number of hydrogen-bond acceptors (Lipinski definition) is 2. The standard InChI is InChI=1S/C33H42N3OSi.BF4/c1-25(2)28-20-14-15-21-29(28)36-24-35-30(22-23-31(35)34-36)33(26-16-10-8-11-17-26,27-18-12-9-13-19-27)37-38(6,7)32(3,4)5;2-1(3,4)5/h8-21,24-25,30H,22-23H2,1-7H3;/q+1;-1/t30-;/m1./s1. The molecule has 1 aliphatic heterocycles. The van der Waals surface area contributed by atoms with Crippen molar-refractivity contribution in [1.82, 2.24) is 9.78 Å². The SMILES string of the molecule is CC(C)c1ccccc1-n1c[n+]2c(n1)CC[C@@H]2C(O[Si](C)(C)C(C)(C)C)(c1ccccc1)c1ccccc1.F[B-](F)(F)F. The molecule has 43 heavy (non-hydrogen) atoms. The molecule has 0 N–H and O–H groups in total. The summed E-state index contributed by atoms with van der Waals surface area (Å²) in [7, 11) is -8.22. The van der Waals surface area contributed by atoms with Crippen LogP contribution in [0.2, 0.25) is 18.1 Å². The van der Waals surface area contributed by atoms with Gasteiger partial charge in [-0.3, -0.25) is 0 Å². The van der Waals surface area contributed by atoms with E-state index in [1.54, 1.807) is 0 Å². The number of fused-ring (bicyclic) bond motifs is 1. The van der Waals surface area contributed by atoms with E-state index in [1.165, 1.54) is 16.7 Å². The maximum atomic E-state index is 9.75. The first-order chi connectivity index (χ1) is 20.0. The fraction of sp³-hybridized carbons (Fsp3) is 0.394. The lowest BCUT2D eigenvalue weighted by Gasteiger charge is -2.48. The van der Waals surface area contributed by atoms with Gasteiger partial charge in [0.25, 0.3) is 5.82 Å². The molecule has 0 spiro atoms. The molecule has 1 aromatic heterocycles. The fourth-order valence-electron chi connectivity index (χ4n) is 5.59. The van der Waals surface area contributed by atoms with Crippen LogP contribution in [0, 0.1) is 0 Å². The van der Waals surface area contributed by atoms with Crippen LogP contribution >= 0.6 is 0 Å². The van der Waals surface area contributed by atoms with Crippen LogP contribution in [0.15, 0.2) is 91.3 Å². The first-order valence-corrected chi connectivity index (χ1v) is 17.7. The van der Waals surface area contributed by atoms with Gasteiger partial charge >= 0.3 is 7.25 Å². The first kappa shape index (κ1) is 32.7. The minimum Gasteiger partial charge on any atom is -0.418 e. The maximum absolute atomic E-state index is 9.75. The van der Waals surface area contributed by atoms with Gasteiger partial charge in [-0.1, -0.05) is 118 Å². The highest BCUT2D eigenvalue weighted by molar-refractivity contribution is 6.74. The van der Waals surface area contributed by atoms with E-state index in [0.717, 1.165) is 24.4 Å². The van der Waals surface area contributed by atoms with Gasteiger partial charge in [0.05, 0.1) is 0 Å². The Hall–Kier alpha value is -3.24. The van der Waals surface area contributed by atoms with Gasteiger partial charge < -0.3 is 21.7 Å². The zero-order valence-corrected chi connectivity index (χ0v) is 27.1. The highest BCUT2D eigenvalue weighted by atomic mass is 28.4. The van der Waals surface area contributed by atoms with Crippen molar-refractivity contribution in [1.29, 1.82) is 0 Å². The summed E-state index contributed by atoms with van der Waals surface area (Å²) in [5.74, 6) is 1.53. The Morgan fingerprint density at radius 1 is 0.860 bits per heavy atom. The van der Waals surface area contributed by atoms with Gasteiger partial charge in [-0.05, 0) is 53.2 Å². The minimum atomic E-state index is -6.00. The van der Waals surface area contributed by atoms with E-state index in [1.807, 2.05) is 0 Å². The molecule has 4 nitrogen and oxygen atoms in total. The Morgan fingerprint density at radius 2 is 1.35 bits per heavy atom. The summed E-state index contributed by atoms with van der Waals surface area (Å²) in [5, 5.41) is 5.20. The number of aromatic nitrogens is 3. The third-order valence-corrected chi connectivity index (χ3v) is 13.1. The molecular weight excluding hydrogens is 569 g/mol. The van der Waals surface area contributed by atoms with Crippen LogP contribution in [0.4, 0.5) is 17.3 Å². The highest BCUT2D eigenvalue weighted by Gasteiger charge is 2.55. The molecule has 0 amide bonds. The summed E-state index contributed by atoms with van der Waals surface area (Å²) in [4.78, 5) is 0. The van der Waals surface area contributed by atoms with Gasteiger partial charge in [0.2, 0.25) is 6.33 Å². The molecule has 5 rings (SSSR count). The molecule has 0 unspecified atom stereocenters. The van der Waals surface area contributed by atoms with E-state index in [4.69, 9.17) is 9.52 Å². The second kappa shape index (κ2) is 12.4. The third kappa shape index (κ3) is 7.12. The van der Waals surface area contributed by atoms with E-state index < -0.39 is 21.2 Å². The highest BCUT2D eigenvalue weighted by Crippen LogP contribution is 2.50. The molecular formula is C33H42BF4N3OSi. The lowest BCUT2D eigenvalue weighted by molar-refractivity contribution is -0.730. The molecule has 3 aromatic carbocycles. The van der Waals surface area contributed by atoms with Crippen molar-refractivity contribution < 1.29 is 26.3 Å². The summed E-state index contributed by atoms with van der Waals surface area (Å²) in [6.45, 7) is 16.2. The van der Waals surface area contributed by atoms with Gasteiger partial charge in [0.1, 0.15) is 17.3 Å². The number of para-hydroxylation sites is 1. The van der Waals surface area contributed by atoms with Gasteiger partial charge in [-0.25, -0.2) is 4.57 Å². The van der Waals surface area contributed by atoms with Gasteiger partial charge in [0.15, 0.2) is 8.32 Å². The largest absolute Gasteiger partial charge is 0.673 e. The van der Waals surface area contributed by atoms with Gasteiger partial charge in [-0.2, -0.15) is 0 Å². The number of aryl methyl sites for hydroxylation is 1. The Bertz CT molecular complexity index is 1460. The van der Waals surface area contributed by atoms with Crippen molar-refractivity contribution in [3.8, 4) is 5.69 Å². The van der Waals surface area contributed by atoms with Gasteiger partial charge in [-0.15, -0.1) is 0 Å². The molecule has 0 fully saturated rings. The van der Waals surface area contributed by atoms with Crippen molar-refractivity contribution in [3.05, 3.63) is 114 Å². The topological polar surface area (TPSA) is 30.9 Å². The number of nitrogens with zero attached hydrogens (tertiary/aromatic N) is 3. The predicted octanol–water partition coefficient (Wildman–Crippen LogP) is 9.04. The van der Waals surface area contributed by atoms with Crippen molar-refractivity contribution in [3.63, 3.8) is 0 Å². The summed E-state index contributed by atoms with van der Waals surface area (Å²) < 4.78 is 51.2. The molecule has 1 aliphatic rings. The molecule has 2 heterocycles. The van der Waals surface area contributed by atoms with Crippen LogP contribution < -0.4 is 4.57 Å². The Labute approximate surface area is 254 Å². The first-order valence-electron chi connectivity index (χ1n) is 14.8. The van der Waals surface area contributed by atoms with Crippen LogP contribution in [0.5, 0.6) is 0 Å². The Balaban J connectivity index is 0.000000782. The molecule has 10 heteroatoms. The maximum Gasteiger partial charge on any atom is 0.673 e. The average Bonchev–Trinajstić information content (AvgIpc) is 3.53. The summed E-state index contributed by atoms with van der Waals surface area (Å²) in [6.07, 6.45) is 4.11. The predicted molar refractivity (Wildman–Crippen MR) is 167 cm³/mol. The number of hydrogen-bond donors (Lipinski definition) is 0. The van der Waals surface area contributed by atoms with Crippen LogP contribution in [0.3, 0.4) is 0 Å². The van der Waals surface area contributed by atoms with Crippen molar-refractivity contribution in [2.75, 3.05) is 0 Å². The minimum absolute atomic E-state index is 0.0638. The Morgan fingerprint density at radius 3 is 1.84 bits per heavy atom. The monoisotopic (exact) mass is 611 g/mol. The molecule has 0 saturated heterocycles. The van der Waals surface area contributed by atoms with E-state index in [-0.39, 0.29) is 11.1 Å². The molecule has 230 valence electrons. The quantitative estimate of drug-likeness (QED) is 0.119. The number of benzene rings is 3. The van der Waals surface area contributed by atoms with Gasteiger partial charge in [0, 0.05) is 11.5 Å². The third-order valence-electron chi connectivity index (χ3n) is 8.63. The second-order valence-electron chi connectivity index (χ2n) is 13.0. The molecule has 1 atom stereocenters. The van der Waals surface area contributed by atoms with Crippen molar-refractivity contribution in [2.24, 2.45) is 0 Å². The summed E-state index contributed by atoms with van der Waals surface area (Å²) in [6, 6.07) is 30.5. The summed E-state index contributed by atoms with van der Waals surface area (Å²) in [5.41, 5.74) is 4.24. The second-order valence-corrected chi connectivity index (χ2v) is 17.7. The number of rotatable bonds is 7. The average molecular weight is 612 g/mol. The molecule has 0 saturated carbocycles.